The van der Waals surface area contributed by atoms with Gasteiger partial charge in [0.1, 0.15) is 11.5 Å². The second-order valence-electron chi connectivity index (χ2n) is 6.60. The van der Waals surface area contributed by atoms with Crippen LogP contribution in [0.2, 0.25) is 0 Å². The Kier molecular flexibility index (Phi) is 8.80. The van der Waals surface area contributed by atoms with Gasteiger partial charge in [0.2, 0.25) is 0 Å². The fourth-order valence-electron chi connectivity index (χ4n) is 2.96. The van der Waals surface area contributed by atoms with Gasteiger partial charge in [-0.05, 0) is 44.4 Å². The smallest absolute Gasteiger partial charge is 0.401 e. The zero-order chi connectivity index (χ0) is 21.3. The highest BCUT2D eigenvalue weighted by Crippen LogP contribution is 2.55. The van der Waals surface area contributed by atoms with Gasteiger partial charge >= 0.3 is 7.60 Å². The molecule has 2 atom stereocenters. The number of rotatable bonds is 12. The van der Waals surface area contributed by atoms with E-state index >= 15 is 0 Å². The Labute approximate surface area is 173 Å². The van der Waals surface area contributed by atoms with Crippen molar-refractivity contribution in [1.29, 1.82) is 0 Å². The van der Waals surface area contributed by atoms with Crippen molar-refractivity contribution in [1.82, 2.24) is 4.98 Å². The average molecular weight is 422 g/mol. The summed E-state index contributed by atoms with van der Waals surface area (Å²) < 4.78 is 30.6. The fourth-order valence-corrected chi connectivity index (χ4v) is 4.83. The first kappa shape index (κ1) is 23.0. The van der Waals surface area contributed by atoms with Crippen LogP contribution in [0.5, 0.6) is 17.2 Å². The van der Waals surface area contributed by atoms with Crippen molar-refractivity contribution in [3.05, 3.63) is 42.2 Å². The molecule has 0 saturated heterocycles. The first-order valence-corrected chi connectivity index (χ1v) is 11.6. The number of methoxy groups -OCH3 is 1. The molecule has 2 unspecified atom stereocenters. The van der Waals surface area contributed by atoms with Gasteiger partial charge in [0.25, 0.3) is 0 Å². The lowest BCUT2D eigenvalue weighted by Gasteiger charge is -2.28. The van der Waals surface area contributed by atoms with Crippen molar-refractivity contribution in [2.45, 2.75) is 52.2 Å². The largest absolute Gasteiger partial charge is 0.504 e. The molecular weight excluding hydrogens is 391 g/mol. The van der Waals surface area contributed by atoms with Crippen LogP contribution in [0.1, 0.15) is 45.6 Å². The Bertz CT molecular complexity index is 816. The lowest BCUT2D eigenvalue weighted by Crippen LogP contribution is -2.23. The molecule has 0 saturated carbocycles. The molecule has 1 aromatic carbocycles. The summed E-state index contributed by atoms with van der Waals surface area (Å²) in [6, 6.07) is 6.88. The highest BCUT2D eigenvalue weighted by atomic mass is 31.2. The summed E-state index contributed by atoms with van der Waals surface area (Å²) in [5.41, 5.74) is 1.42. The maximum atomic E-state index is 13.7. The standard InChI is InChI=1S/C21H31N2O5P/c1-5-8-10-16-13-18(14-19(26-4)21(16)24)28-29(25,27-7-3)20(6-2)23-17-11-9-12-22-15-17/h9,11-15,20,23-24H,5-8,10H2,1-4H3. The quantitative estimate of drug-likeness (QED) is 0.431. The number of pyridine rings is 1. The molecule has 2 N–H and O–H groups in total. The monoisotopic (exact) mass is 422 g/mol. The molecule has 0 spiro atoms. The predicted octanol–water partition coefficient (Wildman–Crippen LogP) is 5.60. The Balaban J connectivity index is 2.35. The molecule has 0 radical (unpaired) electrons. The maximum Gasteiger partial charge on any atom is 0.401 e. The summed E-state index contributed by atoms with van der Waals surface area (Å²) in [7, 11) is -2.11. The van der Waals surface area contributed by atoms with Gasteiger partial charge in [-0.25, -0.2) is 4.57 Å². The number of hydrogen-bond donors (Lipinski definition) is 2. The van der Waals surface area contributed by atoms with Crippen LogP contribution in [0, 0.1) is 0 Å². The van der Waals surface area contributed by atoms with Crippen molar-refractivity contribution < 1.29 is 23.5 Å². The number of unbranched alkanes of at least 4 members (excludes halogenated alkanes) is 1. The number of aromatic hydroxyl groups is 1. The molecule has 0 fully saturated rings. The van der Waals surface area contributed by atoms with E-state index in [0.29, 0.717) is 24.2 Å². The van der Waals surface area contributed by atoms with E-state index in [9.17, 15) is 9.67 Å². The van der Waals surface area contributed by atoms with Crippen LogP contribution in [0.15, 0.2) is 36.7 Å². The Morgan fingerprint density at radius 1 is 1.28 bits per heavy atom. The van der Waals surface area contributed by atoms with Crippen molar-refractivity contribution >= 4 is 13.3 Å². The normalized spacial score (nSPS) is 14.1. The van der Waals surface area contributed by atoms with Crippen molar-refractivity contribution in [2.24, 2.45) is 0 Å². The van der Waals surface area contributed by atoms with Crippen LogP contribution in [-0.4, -0.2) is 29.6 Å². The first-order valence-electron chi connectivity index (χ1n) is 9.97. The van der Waals surface area contributed by atoms with Gasteiger partial charge in [0.15, 0.2) is 11.5 Å². The zero-order valence-electron chi connectivity index (χ0n) is 17.6. The molecule has 160 valence electrons. The number of nitrogens with one attached hydrogen (secondary N) is 1. The maximum absolute atomic E-state index is 13.7. The van der Waals surface area contributed by atoms with E-state index in [0.717, 1.165) is 18.5 Å². The van der Waals surface area contributed by atoms with Crippen molar-refractivity contribution in [3.63, 3.8) is 0 Å². The molecule has 0 amide bonds. The molecule has 1 heterocycles. The molecule has 2 aromatic rings. The van der Waals surface area contributed by atoms with Crippen LogP contribution in [0.3, 0.4) is 0 Å². The summed E-state index contributed by atoms with van der Waals surface area (Å²) in [5, 5.41) is 13.6. The second kappa shape index (κ2) is 11.1. The molecule has 0 aliphatic carbocycles. The van der Waals surface area contributed by atoms with Gasteiger partial charge in [-0.3, -0.25) is 9.51 Å². The molecule has 8 heteroatoms. The predicted molar refractivity (Wildman–Crippen MR) is 115 cm³/mol. The number of hydrogen-bond acceptors (Lipinski definition) is 7. The molecule has 0 bridgehead atoms. The Hall–Kier alpha value is -2.24. The van der Waals surface area contributed by atoms with E-state index < -0.39 is 13.4 Å². The van der Waals surface area contributed by atoms with Crippen molar-refractivity contribution in [2.75, 3.05) is 19.0 Å². The minimum atomic E-state index is -3.58. The van der Waals surface area contributed by atoms with E-state index in [4.69, 9.17) is 13.8 Å². The van der Waals surface area contributed by atoms with E-state index in [1.807, 2.05) is 13.0 Å². The number of phenols is 1. The summed E-state index contributed by atoms with van der Waals surface area (Å²) in [4.78, 5) is 4.08. The molecular formula is C21H31N2O5P. The van der Waals surface area contributed by atoms with Gasteiger partial charge in [-0.1, -0.05) is 20.3 Å². The van der Waals surface area contributed by atoms with Gasteiger partial charge in [-0.15, -0.1) is 0 Å². The van der Waals surface area contributed by atoms with Gasteiger partial charge in [0.05, 0.1) is 19.4 Å². The Morgan fingerprint density at radius 2 is 2.07 bits per heavy atom. The van der Waals surface area contributed by atoms with Crippen LogP contribution in [-0.2, 0) is 15.5 Å². The van der Waals surface area contributed by atoms with Crippen LogP contribution in [0.25, 0.3) is 0 Å². The lowest BCUT2D eigenvalue weighted by atomic mass is 10.1. The van der Waals surface area contributed by atoms with Gasteiger partial charge < -0.3 is 19.7 Å². The number of benzene rings is 1. The molecule has 2 rings (SSSR count). The molecule has 7 nitrogen and oxygen atoms in total. The number of aromatic nitrogens is 1. The third kappa shape index (κ3) is 6.12. The molecule has 0 aliphatic rings. The van der Waals surface area contributed by atoms with Crippen LogP contribution in [0.4, 0.5) is 5.69 Å². The Morgan fingerprint density at radius 3 is 2.66 bits per heavy atom. The second-order valence-corrected chi connectivity index (χ2v) is 8.74. The van der Waals surface area contributed by atoms with E-state index in [1.165, 1.54) is 13.2 Å². The third-order valence-electron chi connectivity index (χ3n) is 4.45. The highest BCUT2D eigenvalue weighted by molar-refractivity contribution is 7.55. The summed E-state index contributed by atoms with van der Waals surface area (Å²) >= 11 is 0. The number of aryl methyl sites for hydroxylation is 1. The topological polar surface area (TPSA) is 89.9 Å². The minimum absolute atomic E-state index is 0.0834. The number of nitrogens with zero attached hydrogens (tertiary/aromatic N) is 1. The number of phenolic OH excluding ortho intramolecular Hbond substituents is 1. The van der Waals surface area contributed by atoms with Gasteiger partial charge in [-0.2, -0.15) is 0 Å². The summed E-state index contributed by atoms with van der Waals surface area (Å²) in [6.45, 7) is 6.00. The first-order chi connectivity index (χ1) is 14.0. The highest BCUT2D eigenvalue weighted by Gasteiger charge is 2.36. The molecule has 1 aromatic heterocycles. The fraction of sp³-hybridized carbons (Fsp3) is 0.476. The van der Waals surface area contributed by atoms with Crippen LogP contribution >= 0.6 is 7.60 Å². The van der Waals surface area contributed by atoms with Crippen LogP contribution < -0.4 is 14.6 Å². The summed E-state index contributed by atoms with van der Waals surface area (Å²) in [5.74, 6) is 0.143. The van der Waals surface area contributed by atoms with Gasteiger partial charge in [0, 0.05) is 24.0 Å². The van der Waals surface area contributed by atoms with E-state index in [1.54, 1.807) is 31.5 Å². The average Bonchev–Trinajstić information content (AvgIpc) is 2.72. The summed E-state index contributed by atoms with van der Waals surface area (Å²) in [6.07, 6.45) is 6.40. The number of anilines is 1. The number of ether oxygens (including phenoxy) is 1. The van der Waals surface area contributed by atoms with Crippen molar-refractivity contribution in [3.8, 4) is 17.2 Å². The zero-order valence-corrected chi connectivity index (χ0v) is 18.4. The lowest BCUT2D eigenvalue weighted by molar-refractivity contribution is 0.270. The molecule has 29 heavy (non-hydrogen) atoms. The SMILES string of the molecule is CCCCc1cc(OP(=O)(OCC)C(CC)Nc2cccnc2)cc(OC)c1O. The van der Waals surface area contributed by atoms with E-state index in [-0.39, 0.29) is 18.1 Å². The third-order valence-corrected chi connectivity index (χ3v) is 6.79. The van der Waals surface area contributed by atoms with E-state index in [2.05, 4.69) is 17.2 Å². The minimum Gasteiger partial charge on any atom is -0.504 e. The molecule has 0 aliphatic heterocycles.